The summed E-state index contributed by atoms with van der Waals surface area (Å²) in [4.78, 5) is 0. The number of aliphatic hydroxyl groups excluding tert-OH is 1. The molecule has 0 aliphatic rings. The molecule has 0 fully saturated rings. The van der Waals surface area contributed by atoms with E-state index < -0.39 is 17.8 Å². The third-order valence-electron chi connectivity index (χ3n) is 2.83. The fraction of sp³-hybridized carbons (Fsp3) is 0.231. The predicted molar refractivity (Wildman–Crippen MR) is 66.7 cm³/mol. The van der Waals surface area contributed by atoms with E-state index in [1.54, 1.807) is 6.07 Å². The highest BCUT2D eigenvalue weighted by Gasteiger charge is 2.31. The van der Waals surface area contributed by atoms with Crippen molar-refractivity contribution in [2.45, 2.75) is 19.2 Å². The number of aryl methyl sites for hydroxylation is 1. The van der Waals surface area contributed by atoms with Gasteiger partial charge in [-0.25, -0.2) is 0 Å². The van der Waals surface area contributed by atoms with E-state index in [1.807, 2.05) is 0 Å². The molecule has 1 unspecified atom stereocenters. The lowest BCUT2D eigenvalue weighted by Crippen LogP contribution is -2.08. The molecule has 0 bridgehead atoms. The number of hydrogen-bond acceptors (Lipinski definition) is 2. The molecule has 1 atom stereocenters. The molecule has 6 heteroatoms. The molecular weight excluding hydrogens is 325 g/mol. The Hall–Kier alpha value is -1.27. The van der Waals surface area contributed by atoms with Crippen LogP contribution in [-0.4, -0.2) is 5.11 Å². The monoisotopic (exact) mass is 334 g/mol. The lowest BCUT2D eigenvalue weighted by atomic mass is 9.97. The van der Waals surface area contributed by atoms with Crippen LogP contribution in [0.25, 0.3) is 0 Å². The fourth-order valence-electron chi connectivity index (χ4n) is 1.83. The molecule has 0 spiro atoms. The normalized spacial score (nSPS) is 13.6. The number of benzene rings is 1. The first kappa shape index (κ1) is 14.1. The minimum absolute atomic E-state index is 0.360. The second kappa shape index (κ2) is 5.02. The van der Waals surface area contributed by atoms with Crippen LogP contribution in [0.2, 0.25) is 0 Å². The second-order valence-electron chi connectivity index (χ2n) is 4.12. The number of rotatable bonds is 2. The largest absolute Gasteiger partial charge is 0.457 e. The summed E-state index contributed by atoms with van der Waals surface area (Å²) in [6.07, 6.45) is -4.03. The highest BCUT2D eigenvalue weighted by Crippen LogP contribution is 2.34. The average molecular weight is 335 g/mol. The van der Waals surface area contributed by atoms with Gasteiger partial charge in [-0.05, 0) is 52.2 Å². The Balaban J connectivity index is 2.39. The van der Waals surface area contributed by atoms with Gasteiger partial charge in [-0.15, -0.1) is 0 Å². The molecule has 2 nitrogen and oxygen atoms in total. The summed E-state index contributed by atoms with van der Waals surface area (Å²) < 4.78 is 43.0. The van der Waals surface area contributed by atoms with Gasteiger partial charge in [-0.2, -0.15) is 13.2 Å². The van der Waals surface area contributed by atoms with Crippen molar-refractivity contribution < 1.29 is 22.7 Å². The van der Waals surface area contributed by atoms with Crippen molar-refractivity contribution in [3.05, 3.63) is 57.5 Å². The maximum absolute atomic E-state index is 12.6. The van der Waals surface area contributed by atoms with Crippen LogP contribution in [0.4, 0.5) is 13.2 Å². The SMILES string of the molecule is Cc1cc(C(F)(F)F)ccc1C(O)c1ccoc1Br. The molecule has 0 amide bonds. The fourth-order valence-corrected chi connectivity index (χ4v) is 2.28. The zero-order valence-electron chi connectivity index (χ0n) is 9.83. The van der Waals surface area contributed by atoms with E-state index in [0.717, 1.165) is 12.1 Å². The average Bonchev–Trinajstić information content (AvgIpc) is 2.73. The standard InChI is InChI=1S/C13H10BrF3O2/c1-7-6-8(13(15,16)17)2-3-9(7)11(18)10-4-5-19-12(10)14/h2-6,11,18H,1H3. The number of halogens is 4. The van der Waals surface area contributed by atoms with E-state index in [4.69, 9.17) is 4.42 Å². The van der Waals surface area contributed by atoms with Gasteiger partial charge in [0.25, 0.3) is 0 Å². The summed E-state index contributed by atoms with van der Waals surface area (Å²) in [7, 11) is 0. The van der Waals surface area contributed by atoms with Crippen molar-refractivity contribution in [2.75, 3.05) is 0 Å². The highest BCUT2D eigenvalue weighted by atomic mass is 79.9. The first-order valence-corrected chi connectivity index (χ1v) is 6.18. The van der Waals surface area contributed by atoms with Gasteiger partial charge in [0.1, 0.15) is 6.10 Å². The zero-order valence-corrected chi connectivity index (χ0v) is 11.4. The second-order valence-corrected chi connectivity index (χ2v) is 4.84. The van der Waals surface area contributed by atoms with Crippen LogP contribution < -0.4 is 0 Å². The summed E-state index contributed by atoms with van der Waals surface area (Å²) in [6, 6.07) is 4.82. The molecule has 1 aromatic heterocycles. The van der Waals surface area contributed by atoms with Gasteiger partial charge in [0.2, 0.25) is 0 Å². The molecule has 0 saturated heterocycles. The van der Waals surface area contributed by atoms with Crippen LogP contribution in [0, 0.1) is 6.92 Å². The number of hydrogen-bond donors (Lipinski definition) is 1. The lowest BCUT2D eigenvalue weighted by molar-refractivity contribution is -0.137. The van der Waals surface area contributed by atoms with Crippen LogP contribution in [0.15, 0.2) is 39.6 Å². The van der Waals surface area contributed by atoms with Crippen molar-refractivity contribution in [2.24, 2.45) is 0 Å². The Bertz CT molecular complexity index is 590. The molecule has 0 aliphatic heterocycles. The molecule has 2 rings (SSSR count). The third kappa shape index (κ3) is 2.84. The molecule has 1 N–H and O–H groups in total. The number of alkyl halides is 3. The summed E-state index contributed by atoms with van der Waals surface area (Å²) in [5, 5.41) is 10.2. The Morgan fingerprint density at radius 3 is 2.37 bits per heavy atom. The Labute approximate surface area is 116 Å². The van der Waals surface area contributed by atoms with E-state index in [1.165, 1.54) is 19.3 Å². The smallest absolute Gasteiger partial charge is 0.416 e. The maximum Gasteiger partial charge on any atom is 0.416 e. The Morgan fingerprint density at radius 2 is 1.89 bits per heavy atom. The van der Waals surface area contributed by atoms with Crippen molar-refractivity contribution in [1.82, 2.24) is 0 Å². The van der Waals surface area contributed by atoms with Crippen molar-refractivity contribution in [1.29, 1.82) is 0 Å². The predicted octanol–water partition coefficient (Wildman–Crippen LogP) is 4.45. The lowest BCUT2D eigenvalue weighted by Gasteiger charge is -2.15. The van der Waals surface area contributed by atoms with Gasteiger partial charge in [0, 0.05) is 5.56 Å². The molecular formula is C13H10BrF3O2. The van der Waals surface area contributed by atoms with Gasteiger partial charge in [-0.1, -0.05) is 6.07 Å². The number of furan rings is 1. The number of aliphatic hydroxyl groups is 1. The van der Waals surface area contributed by atoms with Crippen LogP contribution in [0.1, 0.15) is 28.4 Å². The van der Waals surface area contributed by atoms with Crippen molar-refractivity contribution in [3.63, 3.8) is 0 Å². The summed E-state index contributed by atoms with van der Waals surface area (Å²) in [5.41, 5.74) is 0.528. The first-order valence-electron chi connectivity index (χ1n) is 5.39. The minimum Gasteiger partial charge on any atom is -0.457 e. The van der Waals surface area contributed by atoms with Crippen molar-refractivity contribution >= 4 is 15.9 Å². The zero-order chi connectivity index (χ0) is 14.2. The first-order chi connectivity index (χ1) is 8.80. The summed E-state index contributed by atoms with van der Waals surface area (Å²) >= 11 is 3.13. The molecule has 0 radical (unpaired) electrons. The Morgan fingerprint density at radius 1 is 1.21 bits per heavy atom. The van der Waals surface area contributed by atoms with Crippen LogP contribution >= 0.6 is 15.9 Å². The Kier molecular flexibility index (Phi) is 3.73. The van der Waals surface area contributed by atoms with Crippen LogP contribution in [0.3, 0.4) is 0 Å². The summed E-state index contributed by atoms with van der Waals surface area (Å²) in [5.74, 6) is 0. The highest BCUT2D eigenvalue weighted by molar-refractivity contribution is 9.10. The quantitative estimate of drug-likeness (QED) is 0.880. The van der Waals surface area contributed by atoms with E-state index in [9.17, 15) is 18.3 Å². The molecule has 1 aromatic carbocycles. The van der Waals surface area contributed by atoms with Crippen molar-refractivity contribution in [3.8, 4) is 0 Å². The van der Waals surface area contributed by atoms with E-state index >= 15 is 0 Å². The minimum atomic E-state index is -4.38. The molecule has 0 saturated carbocycles. The van der Waals surface area contributed by atoms with E-state index in [2.05, 4.69) is 15.9 Å². The molecule has 0 aliphatic carbocycles. The van der Waals surface area contributed by atoms with Gasteiger partial charge >= 0.3 is 6.18 Å². The van der Waals surface area contributed by atoms with Gasteiger partial charge in [0.05, 0.1) is 11.8 Å². The molecule has 1 heterocycles. The van der Waals surface area contributed by atoms with Gasteiger partial charge in [0.15, 0.2) is 4.67 Å². The topological polar surface area (TPSA) is 33.4 Å². The van der Waals surface area contributed by atoms with E-state index in [-0.39, 0.29) is 0 Å². The van der Waals surface area contributed by atoms with Crippen LogP contribution in [-0.2, 0) is 6.18 Å². The molecule has 19 heavy (non-hydrogen) atoms. The van der Waals surface area contributed by atoms with Gasteiger partial charge in [-0.3, -0.25) is 0 Å². The molecule has 102 valence electrons. The third-order valence-corrected chi connectivity index (χ3v) is 3.48. The van der Waals surface area contributed by atoms with Gasteiger partial charge < -0.3 is 9.52 Å². The van der Waals surface area contributed by atoms with E-state index in [0.29, 0.717) is 21.4 Å². The molecule has 2 aromatic rings. The summed E-state index contributed by atoms with van der Waals surface area (Å²) in [6.45, 7) is 1.53. The maximum atomic E-state index is 12.6. The van der Waals surface area contributed by atoms with Crippen LogP contribution in [0.5, 0.6) is 0 Å².